The summed E-state index contributed by atoms with van der Waals surface area (Å²) < 4.78 is 0. The Balaban J connectivity index is 1.73. The zero-order chi connectivity index (χ0) is 14.7. The van der Waals surface area contributed by atoms with E-state index in [4.69, 9.17) is 0 Å². The number of hydrogen-bond acceptors (Lipinski definition) is 5. The number of carbonyl (C=O) groups excluding carboxylic acids is 1. The van der Waals surface area contributed by atoms with Crippen molar-refractivity contribution < 1.29 is 4.79 Å². The number of aromatic amines is 1. The second-order valence-corrected chi connectivity index (χ2v) is 5.79. The second-order valence-electron chi connectivity index (χ2n) is 4.74. The fraction of sp³-hybridized carbons (Fsp3) is 0.200. The van der Waals surface area contributed by atoms with Crippen molar-refractivity contribution in [2.45, 2.75) is 19.8 Å². The number of nitrogens with one attached hydrogen (secondary N) is 1. The first-order chi connectivity index (χ1) is 10.2. The van der Waals surface area contributed by atoms with Crippen molar-refractivity contribution >= 4 is 17.1 Å². The molecular weight excluding hydrogens is 284 g/mol. The van der Waals surface area contributed by atoms with Crippen LogP contribution < -0.4 is 0 Å². The molecule has 21 heavy (non-hydrogen) atoms. The van der Waals surface area contributed by atoms with Crippen LogP contribution >= 0.6 is 11.3 Å². The summed E-state index contributed by atoms with van der Waals surface area (Å²) in [5.41, 5.74) is 2.07. The topological polar surface area (TPSA) is 71.5 Å². The van der Waals surface area contributed by atoms with Crippen molar-refractivity contribution in [3.63, 3.8) is 0 Å². The van der Waals surface area contributed by atoms with E-state index >= 15 is 0 Å². The lowest BCUT2D eigenvalue weighted by molar-refractivity contribution is 0.0986. The lowest BCUT2D eigenvalue weighted by Crippen LogP contribution is -2.00. The highest BCUT2D eigenvalue weighted by Crippen LogP contribution is 2.29. The molecule has 0 aliphatic carbocycles. The maximum atomic E-state index is 12.4. The molecule has 6 heteroatoms. The van der Waals surface area contributed by atoms with Crippen LogP contribution in [-0.2, 0) is 6.42 Å². The summed E-state index contributed by atoms with van der Waals surface area (Å²) in [6.07, 6.45) is 6.20. The molecule has 0 fully saturated rings. The lowest BCUT2D eigenvalue weighted by atomic mass is 10.1. The van der Waals surface area contributed by atoms with Gasteiger partial charge < -0.3 is 0 Å². The Morgan fingerprint density at radius 2 is 2.33 bits per heavy atom. The molecule has 0 spiro atoms. The number of aromatic nitrogens is 4. The van der Waals surface area contributed by atoms with Crippen molar-refractivity contribution in [2.24, 2.45) is 0 Å². The molecule has 0 saturated carbocycles. The molecule has 0 aromatic carbocycles. The number of H-pyrrole nitrogens is 1. The van der Waals surface area contributed by atoms with E-state index < -0.39 is 0 Å². The van der Waals surface area contributed by atoms with Gasteiger partial charge in [-0.3, -0.25) is 14.9 Å². The van der Waals surface area contributed by atoms with Gasteiger partial charge in [0.05, 0.1) is 9.75 Å². The van der Waals surface area contributed by atoms with E-state index in [-0.39, 0.29) is 5.78 Å². The van der Waals surface area contributed by atoms with Gasteiger partial charge in [-0.15, -0.1) is 11.3 Å². The van der Waals surface area contributed by atoms with Crippen LogP contribution in [0.1, 0.15) is 27.2 Å². The van der Waals surface area contributed by atoms with E-state index in [0.717, 1.165) is 20.9 Å². The maximum Gasteiger partial charge on any atom is 0.173 e. The molecule has 0 amide bonds. The Hall–Kier alpha value is -2.34. The second kappa shape index (κ2) is 5.97. The van der Waals surface area contributed by atoms with Crippen LogP contribution in [0.25, 0.3) is 10.7 Å². The van der Waals surface area contributed by atoms with E-state index in [1.54, 1.807) is 12.4 Å². The van der Waals surface area contributed by atoms with Crippen LogP contribution in [0.2, 0.25) is 0 Å². The van der Waals surface area contributed by atoms with Crippen molar-refractivity contribution in [2.75, 3.05) is 0 Å². The number of pyridine rings is 1. The van der Waals surface area contributed by atoms with Gasteiger partial charge in [-0.25, -0.2) is 4.98 Å². The smallest absolute Gasteiger partial charge is 0.173 e. The number of Topliss-reactive ketones (excluding diaryl/α,β-unsaturated/α-hetero) is 1. The minimum Gasteiger partial charge on any atom is -0.293 e. The molecule has 3 aromatic rings. The fourth-order valence-corrected chi connectivity index (χ4v) is 3.20. The average Bonchev–Trinajstić information content (AvgIpc) is 3.15. The van der Waals surface area contributed by atoms with E-state index in [1.165, 1.54) is 17.7 Å². The third kappa shape index (κ3) is 3.05. The standard InChI is InChI=1S/C15H14N4OS/c1-10-7-13(15-17-9-18-19-15)21-14(10)12(20)5-4-11-3-2-6-16-8-11/h2-3,6-9H,4-5H2,1H3,(H,17,18,19). The van der Waals surface area contributed by atoms with Gasteiger partial charge in [0, 0.05) is 18.8 Å². The molecule has 1 N–H and O–H groups in total. The Labute approximate surface area is 126 Å². The quantitative estimate of drug-likeness (QED) is 0.735. The van der Waals surface area contributed by atoms with Gasteiger partial charge in [0.25, 0.3) is 0 Å². The summed E-state index contributed by atoms with van der Waals surface area (Å²) in [6, 6.07) is 5.85. The predicted octanol–water partition coefficient (Wildman–Crippen LogP) is 3.05. The molecule has 0 aliphatic heterocycles. The van der Waals surface area contributed by atoms with Gasteiger partial charge in [-0.05, 0) is 36.6 Å². The molecular formula is C15H14N4OS. The molecule has 0 unspecified atom stereocenters. The number of thiophene rings is 1. The van der Waals surface area contributed by atoms with Gasteiger partial charge in [0.15, 0.2) is 11.6 Å². The summed E-state index contributed by atoms with van der Waals surface area (Å²) in [4.78, 5) is 22.3. The van der Waals surface area contributed by atoms with Gasteiger partial charge in [-0.1, -0.05) is 6.07 Å². The van der Waals surface area contributed by atoms with Crippen molar-refractivity contribution in [3.05, 3.63) is 52.9 Å². The number of carbonyl (C=O) groups is 1. The first-order valence-electron chi connectivity index (χ1n) is 6.62. The van der Waals surface area contributed by atoms with Crippen molar-refractivity contribution in [3.8, 4) is 10.7 Å². The zero-order valence-electron chi connectivity index (χ0n) is 11.5. The normalized spacial score (nSPS) is 10.7. The molecule has 3 heterocycles. The van der Waals surface area contributed by atoms with Crippen LogP contribution in [0.5, 0.6) is 0 Å². The molecule has 5 nitrogen and oxygen atoms in total. The average molecular weight is 298 g/mol. The largest absolute Gasteiger partial charge is 0.293 e. The third-order valence-electron chi connectivity index (χ3n) is 3.18. The Bertz CT molecular complexity index is 734. The molecule has 0 aliphatic rings. The van der Waals surface area contributed by atoms with Crippen LogP contribution in [-0.4, -0.2) is 25.9 Å². The van der Waals surface area contributed by atoms with Crippen LogP contribution in [0, 0.1) is 6.92 Å². The Morgan fingerprint density at radius 1 is 1.43 bits per heavy atom. The summed E-state index contributed by atoms with van der Waals surface area (Å²) >= 11 is 1.46. The van der Waals surface area contributed by atoms with Gasteiger partial charge in [0.1, 0.15) is 6.33 Å². The van der Waals surface area contributed by atoms with E-state index in [2.05, 4.69) is 20.2 Å². The monoisotopic (exact) mass is 298 g/mol. The highest BCUT2D eigenvalue weighted by atomic mass is 32.1. The number of hydrogen-bond donors (Lipinski definition) is 1. The molecule has 0 saturated heterocycles. The first kappa shape index (κ1) is 13.6. The number of aryl methyl sites for hydroxylation is 2. The molecule has 0 atom stereocenters. The third-order valence-corrected chi connectivity index (χ3v) is 4.47. The lowest BCUT2D eigenvalue weighted by Gasteiger charge is -2.00. The van der Waals surface area contributed by atoms with Crippen LogP contribution in [0.3, 0.4) is 0 Å². The molecule has 106 valence electrons. The maximum absolute atomic E-state index is 12.4. The predicted molar refractivity (Wildman–Crippen MR) is 81.3 cm³/mol. The number of nitrogens with zero attached hydrogens (tertiary/aromatic N) is 3. The number of ketones is 1. The molecule has 3 rings (SSSR count). The molecule has 0 radical (unpaired) electrons. The van der Waals surface area contributed by atoms with Gasteiger partial charge in [-0.2, -0.15) is 5.10 Å². The van der Waals surface area contributed by atoms with Crippen molar-refractivity contribution in [1.29, 1.82) is 0 Å². The Morgan fingerprint density at radius 3 is 3.05 bits per heavy atom. The fourth-order valence-electron chi connectivity index (χ4n) is 2.12. The Kier molecular flexibility index (Phi) is 3.87. The van der Waals surface area contributed by atoms with E-state index in [1.807, 2.05) is 25.1 Å². The van der Waals surface area contributed by atoms with E-state index in [9.17, 15) is 4.79 Å². The minimum atomic E-state index is 0.159. The SMILES string of the molecule is Cc1cc(-c2ncn[nH]2)sc1C(=O)CCc1cccnc1. The number of rotatable bonds is 5. The summed E-state index contributed by atoms with van der Waals surface area (Å²) in [5.74, 6) is 0.863. The highest BCUT2D eigenvalue weighted by Gasteiger charge is 2.15. The summed E-state index contributed by atoms with van der Waals surface area (Å²) in [6.45, 7) is 1.95. The first-order valence-corrected chi connectivity index (χ1v) is 7.44. The molecule has 3 aromatic heterocycles. The zero-order valence-corrected chi connectivity index (χ0v) is 12.4. The summed E-state index contributed by atoms with van der Waals surface area (Å²) in [7, 11) is 0. The highest BCUT2D eigenvalue weighted by molar-refractivity contribution is 7.17. The minimum absolute atomic E-state index is 0.159. The summed E-state index contributed by atoms with van der Waals surface area (Å²) in [5, 5.41) is 6.66. The van der Waals surface area contributed by atoms with E-state index in [0.29, 0.717) is 18.7 Å². The van der Waals surface area contributed by atoms with Gasteiger partial charge in [0.2, 0.25) is 0 Å². The van der Waals surface area contributed by atoms with Crippen LogP contribution in [0.4, 0.5) is 0 Å². The molecule has 0 bridgehead atoms. The van der Waals surface area contributed by atoms with Gasteiger partial charge >= 0.3 is 0 Å². The van der Waals surface area contributed by atoms with Crippen LogP contribution in [0.15, 0.2) is 36.9 Å². The van der Waals surface area contributed by atoms with Crippen molar-refractivity contribution in [1.82, 2.24) is 20.2 Å².